The second-order valence-electron chi connectivity index (χ2n) is 4.12. The van der Waals surface area contributed by atoms with E-state index in [0.29, 0.717) is 6.04 Å². The third kappa shape index (κ3) is 4.17. The molecule has 0 spiro atoms. The van der Waals surface area contributed by atoms with Crippen molar-refractivity contribution in [2.24, 2.45) is 0 Å². The molecule has 1 atom stereocenters. The fourth-order valence-electron chi connectivity index (χ4n) is 1.73. The van der Waals surface area contributed by atoms with Crippen molar-refractivity contribution in [3.63, 3.8) is 0 Å². The van der Waals surface area contributed by atoms with Crippen LogP contribution in [0.4, 0.5) is 0 Å². The maximum Gasteiger partial charge on any atom is 0.0293 e. The van der Waals surface area contributed by atoms with Gasteiger partial charge in [0.1, 0.15) is 0 Å². The van der Waals surface area contributed by atoms with Gasteiger partial charge in [-0.15, -0.1) is 11.8 Å². The monoisotopic (exact) mass is 258 g/mol. The lowest BCUT2D eigenvalue weighted by atomic mass is 10.1. The molecule has 0 aliphatic heterocycles. The van der Waals surface area contributed by atoms with Crippen LogP contribution in [-0.4, -0.2) is 17.3 Å². The molecule has 1 aromatic heterocycles. The Labute approximate surface area is 113 Å². The molecule has 0 aliphatic carbocycles. The van der Waals surface area contributed by atoms with E-state index in [4.69, 9.17) is 0 Å². The Hall–Kier alpha value is -1.32. The van der Waals surface area contributed by atoms with Crippen LogP contribution < -0.4 is 5.32 Å². The molecule has 0 saturated carbocycles. The highest BCUT2D eigenvalue weighted by molar-refractivity contribution is 7.99. The fraction of sp³-hybridized carbons (Fsp3) is 0.267. The molecule has 2 rings (SSSR count). The molecule has 0 amide bonds. The van der Waals surface area contributed by atoms with Crippen LogP contribution in [0.1, 0.15) is 18.5 Å². The highest BCUT2D eigenvalue weighted by Crippen LogP contribution is 2.16. The number of hydrogen-bond acceptors (Lipinski definition) is 3. The molecule has 94 valence electrons. The molecular formula is C15H18N2S. The van der Waals surface area contributed by atoms with Crippen LogP contribution in [-0.2, 0) is 0 Å². The molecule has 1 heterocycles. The van der Waals surface area contributed by atoms with Crippen molar-refractivity contribution in [1.29, 1.82) is 0 Å². The Balaban J connectivity index is 1.70. The van der Waals surface area contributed by atoms with Gasteiger partial charge in [0.25, 0.3) is 0 Å². The summed E-state index contributed by atoms with van der Waals surface area (Å²) in [7, 11) is 0. The Kier molecular flexibility index (Phi) is 5.24. The minimum atomic E-state index is 0.379. The molecule has 2 aromatic rings. The number of benzene rings is 1. The fourth-order valence-corrected chi connectivity index (χ4v) is 2.54. The summed E-state index contributed by atoms with van der Waals surface area (Å²) in [5, 5.41) is 3.52. The first-order valence-electron chi connectivity index (χ1n) is 6.17. The van der Waals surface area contributed by atoms with E-state index in [-0.39, 0.29) is 0 Å². The van der Waals surface area contributed by atoms with Gasteiger partial charge in [0.05, 0.1) is 0 Å². The van der Waals surface area contributed by atoms with E-state index in [9.17, 15) is 0 Å². The van der Waals surface area contributed by atoms with E-state index >= 15 is 0 Å². The Bertz CT molecular complexity index is 445. The normalized spacial score (nSPS) is 12.3. The van der Waals surface area contributed by atoms with Crippen molar-refractivity contribution < 1.29 is 0 Å². The lowest BCUT2D eigenvalue weighted by Crippen LogP contribution is -2.21. The molecule has 1 aromatic carbocycles. The molecular weight excluding hydrogens is 240 g/mol. The van der Waals surface area contributed by atoms with Gasteiger partial charge < -0.3 is 5.32 Å². The van der Waals surface area contributed by atoms with Crippen molar-refractivity contribution in [1.82, 2.24) is 10.3 Å². The number of pyridine rings is 1. The zero-order valence-electron chi connectivity index (χ0n) is 10.5. The van der Waals surface area contributed by atoms with Crippen molar-refractivity contribution in [2.45, 2.75) is 17.9 Å². The van der Waals surface area contributed by atoms with Crippen molar-refractivity contribution in [2.75, 3.05) is 12.3 Å². The Morgan fingerprint density at radius 3 is 2.56 bits per heavy atom. The van der Waals surface area contributed by atoms with Crippen molar-refractivity contribution in [3.8, 4) is 0 Å². The van der Waals surface area contributed by atoms with Crippen LogP contribution in [0.2, 0.25) is 0 Å². The Morgan fingerprint density at radius 1 is 1.11 bits per heavy atom. The van der Waals surface area contributed by atoms with Gasteiger partial charge >= 0.3 is 0 Å². The summed E-state index contributed by atoms with van der Waals surface area (Å²) >= 11 is 1.88. The summed E-state index contributed by atoms with van der Waals surface area (Å²) in [6.45, 7) is 3.19. The van der Waals surface area contributed by atoms with Crippen LogP contribution >= 0.6 is 11.8 Å². The summed E-state index contributed by atoms with van der Waals surface area (Å²) in [6, 6.07) is 15.0. The quantitative estimate of drug-likeness (QED) is 0.634. The van der Waals surface area contributed by atoms with Crippen LogP contribution in [0.25, 0.3) is 0 Å². The lowest BCUT2D eigenvalue weighted by Gasteiger charge is -2.13. The standard InChI is InChI=1S/C15H18N2S/c1-13(14-7-9-16-10-8-14)17-11-12-18-15-5-3-2-4-6-15/h2-10,13,17H,11-12H2,1H3/t13-/m0/s1. The zero-order valence-corrected chi connectivity index (χ0v) is 11.4. The number of nitrogens with one attached hydrogen (secondary N) is 1. The highest BCUT2D eigenvalue weighted by atomic mass is 32.2. The summed E-state index contributed by atoms with van der Waals surface area (Å²) < 4.78 is 0. The highest BCUT2D eigenvalue weighted by Gasteiger charge is 2.03. The van der Waals surface area contributed by atoms with E-state index < -0.39 is 0 Å². The van der Waals surface area contributed by atoms with Gasteiger partial charge in [-0.2, -0.15) is 0 Å². The molecule has 0 unspecified atom stereocenters. The minimum Gasteiger partial charge on any atom is -0.309 e. The molecule has 0 saturated heterocycles. The minimum absolute atomic E-state index is 0.379. The average molecular weight is 258 g/mol. The first kappa shape index (κ1) is 13.1. The van der Waals surface area contributed by atoms with Gasteiger partial charge in [-0.05, 0) is 36.8 Å². The molecule has 0 bridgehead atoms. The van der Waals surface area contributed by atoms with Crippen LogP contribution in [0.15, 0.2) is 59.8 Å². The summed E-state index contributed by atoms with van der Waals surface area (Å²) in [5.41, 5.74) is 1.29. The van der Waals surface area contributed by atoms with Gasteiger partial charge in [-0.1, -0.05) is 18.2 Å². The van der Waals surface area contributed by atoms with Crippen LogP contribution in [0.3, 0.4) is 0 Å². The van der Waals surface area contributed by atoms with E-state index in [1.807, 2.05) is 30.2 Å². The second-order valence-corrected chi connectivity index (χ2v) is 5.29. The van der Waals surface area contributed by atoms with Crippen molar-refractivity contribution in [3.05, 3.63) is 60.4 Å². The van der Waals surface area contributed by atoms with E-state index in [1.54, 1.807) is 0 Å². The number of nitrogens with zero attached hydrogens (tertiary/aromatic N) is 1. The smallest absolute Gasteiger partial charge is 0.0293 e. The van der Waals surface area contributed by atoms with E-state index in [2.05, 4.69) is 53.6 Å². The maximum atomic E-state index is 4.03. The number of rotatable bonds is 6. The third-order valence-corrected chi connectivity index (χ3v) is 3.78. The average Bonchev–Trinajstić information content (AvgIpc) is 2.45. The van der Waals surface area contributed by atoms with Crippen LogP contribution in [0.5, 0.6) is 0 Å². The largest absolute Gasteiger partial charge is 0.309 e. The molecule has 0 aliphatic rings. The van der Waals surface area contributed by atoms with Crippen LogP contribution in [0, 0.1) is 0 Å². The topological polar surface area (TPSA) is 24.9 Å². The zero-order chi connectivity index (χ0) is 12.6. The van der Waals surface area contributed by atoms with Gasteiger partial charge in [-0.3, -0.25) is 4.98 Å². The lowest BCUT2D eigenvalue weighted by molar-refractivity contribution is 0.600. The first-order valence-corrected chi connectivity index (χ1v) is 7.16. The van der Waals surface area contributed by atoms with Gasteiger partial charge in [0, 0.05) is 35.6 Å². The SMILES string of the molecule is C[C@H](NCCSc1ccccc1)c1ccncc1. The molecule has 1 N–H and O–H groups in total. The number of aromatic nitrogens is 1. The second kappa shape index (κ2) is 7.19. The van der Waals surface area contributed by atoms with E-state index in [0.717, 1.165) is 12.3 Å². The summed E-state index contributed by atoms with van der Waals surface area (Å²) in [6.07, 6.45) is 3.68. The summed E-state index contributed by atoms with van der Waals surface area (Å²) in [4.78, 5) is 5.36. The summed E-state index contributed by atoms with van der Waals surface area (Å²) in [5.74, 6) is 1.08. The number of hydrogen-bond donors (Lipinski definition) is 1. The molecule has 3 heteroatoms. The molecule has 0 fully saturated rings. The molecule has 18 heavy (non-hydrogen) atoms. The maximum absolute atomic E-state index is 4.03. The van der Waals surface area contributed by atoms with Crippen molar-refractivity contribution >= 4 is 11.8 Å². The van der Waals surface area contributed by atoms with Gasteiger partial charge in [0.2, 0.25) is 0 Å². The Morgan fingerprint density at radius 2 is 1.83 bits per heavy atom. The molecule has 0 radical (unpaired) electrons. The third-order valence-electron chi connectivity index (χ3n) is 2.77. The molecule has 2 nitrogen and oxygen atoms in total. The van der Waals surface area contributed by atoms with E-state index in [1.165, 1.54) is 10.5 Å². The first-order chi connectivity index (χ1) is 8.86. The predicted octanol–water partition coefficient (Wildman–Crippen LogP) is 3.52. The number of thioether (sulfide) groups is 1. The predicted molar refractivity (Wildman–Crippen MR) is 77.8 cm³/mol. The van der Waals surface area contributed by atoms with Gasteiger partial charge in [-0.25, -0.2) is 0 Å². The van der Waals surface area contributed by atoms with Gasteiger partial charge in [0.15, 0.2) is 0 Å².